The van der Waals surface area contributed by atoms with Crippen molar-refractivity contribution in [3.63, 3.8) is 0 Å². The predicted molar refractivity (Wildman–Crippen MR) is 11.6 cm³/mol. The van der Waals surface area contributed by atoms with Crippen LogP contribution >= 0.6 is 0 Å². The molecule has 0 saturated carbocycles. The van der Waals surface area contributed by atoms with E-state index in [0.29, 0.717) is 0 Å². The van der Waals surface area contributed by atoms with Gasteiger partial charge in [0, 0.05) is 0 Å². The third-order valence-corrected chi connectivity index (χ3v) is 0. The van der Waals surface area contributed by atoms with Crippen molar-refractivity contribution < 1.29 is 126 Å². The Kier molecular flexibility index (Phi) is 31.0. The second kappa shape index (κ2) is 11.4. The molecule has 0 aliphatic carbocycles. The molecule has 0 aromatic carbocycles. The zero-order chi connectivity index (χ0) is 3.58. The Hall–Kier alpha value is 3.60. The molecule has 0 heterocycles. The van der Waals surface area contributed by atoms with E-state index in [2.05, 4.69) is 0 Å². The first-order chi connectivity index (χ1) is 1.73. The molecule has 0 amide bonds. The fourth-order valence-electron chi connectivity index (χ4n) is 0. The van der Waals surface area contributed by atoms with Crippen LogP contribution in [0.25, 0.3) is 0 Å². The number of hydrogen-bond donors (Lipinski definition) is 0. The molecule has 5 heteroatoms. The largest absolute Gasteiger partial charge is 1.00 e. The molecule has 24 valence electrons. The number of rotatable bonds is 0. The first-order valence-corrected chi connectivity index (χ1v) is 1.05. The minimum atomic E-state index is -1.67. The summed E-state index contributed by atoms with van der Waals surface area (Å²) >= 11 is 0. The minimum Gasteiger partial charge on any atom is -0.893 e. The van der Waals surface area contributed by atoms with Gasteiger partial charge in [0.1, 0.15) is 0 Å². The Morgan fingerprint density at radius 2 is 1.17 bits per heavy atom. The summed E-state index contributed by atoms with van der Waals surface area (Å²) in [4.78, 5) is 0. The zero-order valence-corrected chi connectivity index (χ0v) is 14.2. The van der Waals surface area contributed by atoms with Gasteiger partial charge in [-0.05, 0) is 0 Å². The van der Waals surface area contributed by atoms with E-state index < -0.39 is 7.12 Å². The summed E-state index contributed by atoms with van der Waals surface area (Å²) in [5, 5.41) is 17.9. The van der Waals surface area contributed by atoms with E-state index in [1.54, 1.807) is 0 Å². The van der Waals surface area contributed by atoms with Crippen molar-refractivity contribution in [3.8, 4) is 0 Å². The first-order valence-electron chi connectivity index (χ1n) is 1.05. The van der Waals surface area contributed by atoms with Crippen molar-refractivity contribution in [2.75, 3.05) is 0 Å². The van der Waals surface area contributed by atoms with Crippen molar-refractivity contribution in [1.29, 1.82) is 0 Å². The number of hydrogen-bond acceptors (Lipinski definition) is 2. The second-order valence-electron chi connectivity index (χ2n) is 0.568. The van der Waals surface area contributed by atoms with Gasteiger partial charge in [0.25, 0.3) is 0 Å². The molecule has 0 saturated heterocycles. The predicted octanol–water partition coefficient (Wildman–Crippen LogP) is -8.17. The van der Waals surface area contributed by atoms with Gasteiger partial charge in [-0.3, -0.25) is 0 Å². The molecule has 6 heavy (non-hydrogen) atoms. The molecular formula is CH3BO2Rb2. The van der Waals surface area contributed by atoms with Crippen LogP contribution in [-0.2, 0) is 0 Å². The van der Waals surface area contributed by atoms with Crippen LogP contribution in [0.5, 0.6) is 0 Å². The maximum Gasteiger partial charge on any atom is 1.00 e. The fraction of sp³-hybridized carbons (Fsp3) is 1.00. The molecule has 0 unspecified atom stereocenters. The van der Waals surface area contributed by atoms with Gasteiger partial charge >= 0.3 is 116 Å². The molecular weight excluding hydrogens is 226 g/mol. The van der Waals surface area contributed by atoms with Crippen molar-refractivity contribution in [2.24, 2.45) is 0 Å². The Morgan fingerprint density at radius 1 is 1.17 bits per heavy atom. The van der Waals surface area contributed by atoms with Crippen molar-refractivity contribution >= 4 is 7.12 Å². The van der Waals surface area contributed by atoms with E-state index >= 15 is 0 Å². The van der Waals surface area contributed by atoms with Crippen LogP contribution in [0.1, 0.15) is 0 Å². The van der Waals surface area contributed by atoms with E-state index in [-0.39, 0.29) is 116 Å². The first kappa shape index (κ1) is 16.3. The Balaban J connectivity index is -0.0000000450. The van der Waals surface area contributed by atoms with Crippen molar-refractivity contribution in [1.82, 2.24) is 0 Å². The van der Waals surface area contributed by atoms with Crippen molar-refractivity contribution in [2.45, 2.75) is 6.82 Å². The van der Waals surface area contributed by atoms with Gasteiger partial charge in [0.2, 0.25) is 0 Å². The Morgan fingerprint density at radius 3 is 1.17 bits per heavy atom. The molecule has 0 atom stereocenters. The van der Waals surface area contributed by atoms with Gasteiger partial charge in [-0.25, -0.2) is 0 Å². The second-order valence-corrected chi connectivity index (χ2v) is 0.568. The van der Waals surface area contributed by atoms with Gasteiger partial charge in [-0.2, -0.15) is 0 Å². The van der Waals surface area contributed by atoms with E-state index in [1.807, 2.05) is 0 Å². The van der Waals surface area contributed by atoms with E-state index in [9.17, 15) is 0 Å². The molecule has 0 radical (unpaired) electrons. The molecule has 2 nitrogen and oxygen atoms in total. The molecule has 0 spiro atoms. The van der Waals surface area contributed by atoms with E-state index in [0.717, 1.165) is 6.82 Å². The summed E-state index contributed by atoms with van der Waals surface area (Å²) in [6.07, 6.45) is 0. The van der Waals surface area contributed by atoms with Crippen LogP contribution in [0.2, 0.25) is 6.82 Å². The minimum absolute atomic E-state index is 0. The van der Waals surface area contributed by atoms with Gasteiger partial charge in [0.05, 0.1) is 0 Å². The van der Waals surface area contributed by atoms with Crippen LogP contribution in [0, 0.1) is 0 Å². The third-order valence-electron chi connectivity index (χ3n) is 0. The van der Waals surface area contributed by atoms with Crippen LogP contribution in [0.15, 0.2) is 0 Å². The standard InChI is InChI=1S/CH3BO2.2Rb/c1-2(3)4;;/h1H3;;/q-2;2*+1. The SMILES string of the molecule is CB([O-])[O-].[Rb+].[Rb+]. The zero-order valence-electron chi connectivity index (χ0n) is 4.39. The van der Waals surface area contributed by atoms with Crippen molar-refractivity contribution in [3.05, 3.63) is 0 Å². The quantitative estimate of drug-likeness (QED) is 0.387. The van der Waals surface area contributed by atoms with Crippen LogP contribution in [-0.4, -0.2) is 7.12 Å². The Labute approximate surface area is 136 Å². The summed E-state index contributed by atoms with van der Waals surface area (Å²) in [7, 11) is -1.67. The summed E-state index contributed by atoms with van der Waals surface area (Å²) in [5.74, 6) is 0. The summed E-state index contributed by atoms with van der Waals surface area (Å²) < 4.78 is 0. The topological polar surface area (TPSA) is 46.1 Å². The van der Waals surface area contributed by atoms with Crippen LogP contribution in [0.4, 0.5) is 0 Å². The van der Waals surface area contributed by atoms with Crippen LogP contribution < -0.4 is 126 Å². The molecule has 0 fully saturated rings. The molecule has 0 aliphatic heterocycles. The molecule has 0 bridgehead atoms. The molecule has 0 rings (SSSR count). The molecule has 0 aliphatic rings. The monoisotopic (exact) mass is 228 g/mol. The molecule has 0 N–H and O–H groups in total. The smallest absolute Gasteiger partial charge is 0.893 e. The normalized spacial score (nSPS) is 4.50. The summed E-state index contributed by atoms with van der Waals surface area (Å²) in [5.41, 5.74) is 0. The fourth-order valence-corrected chi connectivity index (χ4v) is 0. The summed E-state index contributed by atoms with van der Waals surface area (Å²) in [6.45, 7) is 1.06. The van der Waals surface area contributed by atoms with Crippen LogP contribution in [0.3, 0.4) is 0 Å². The van der Waals surface area contributed by atoms with Gasteiger partial charge in [-0.1, -0.05) is 0 Å². The average molecular weight is 229 g/mol. The summed E-state index contributed by atoms with van der Waals surface area (Å²) in [6, 6.07) is 0. The maximum absolute atomic E-state index is 8.97. The van der Waals surface area contributed by atoms with Gasteiger partial charge in [0.15, 0.2) is 0 Å². The molecule has 0 aromatic heterocycles. The van der Waals surface area contributed by atoms with E-state index in [4.69, 9.17) is 10.0 Å². The average Bonchev–Trinajstić information content (AvgIpc) is 0.811. The third kappa shape index (κ3) is 25.6. The Bertz CT molecular complexity index is 16.3. The van der Waals surface area contributed by atoms with E-state index in [1.165, 1.54) is 0 Å². The van der Waals surface area contributed by atoms with Gasteiger partial charge in [-0.15, -0.1) is 13.9 Å². The molecule has 0 aromatic rings. The maximum atomic E-state index is 8.97. The van der Waals surface area contributed by atoms with Gasteiger partial charge < -0.3 is 10.0 Å².